The van der Waals surface area contributed by atoms with E-state index in [0.29, 0.717) is 0 Å². The molecule has 0 amide bonds. The molecule has 3 rings (SSSR count). The van der Waals surface area contributed by atoms with Crippen molar-refractivity contribution in [2.45, 2.75) is 20.4 Å². The van der Waals surface area contributed by atoms with Gasteiger partial charge in [0.25, 0.3) is 0 Å². The zero-order valence-corrected chi connectivity index (χ0v) is 11.9. The maximum absolute atomic E-state index is 5.40. The lowest BCUT2D eigenvalue weighted by Gasteiger charge is -2.27. The van der Waals surface area contributed by atoms with E-state index in [1.54, 1.807) is 0 Å². The Labute approximate surface area is 114 Å². The van der Waals surface area contributed by atoms with Crippen LogP contribution in [-0.4, -0.2) is 42.3 Å². The van der Waals surface area contributed by atoms with Crippen molar-refractivity contribution in [1.29, 1.82) is 0 Å². The number of ether oxygens (including phenoxy) is 1. The zero-order chi connectivity index (χ0) is 13.2. The van der Waals surface area contributed by atoms with E-state index >= 15 is 0 Å². The van der Waals surface area contributed by atoms with E-state index < -0.39 is 0 Å². The molecule has 0 spiro atoms. The van der Waals surface area contributed by atoms with Crippen LogP contribution in [0.15, 0.2) is 24.3 Å². The van der Waals surface area contributed by atoms with E-state index in [9.17, 15) is 0 Å². The van der Waals surface area contributed by atoms with Crippen molar-refractivity contribution < 1.29 is 4.74 Å². The summed E-state index contributed by atoms with van der Waals surface area (Å²) in [6.07, 6.45) is 0. The molecule has 1 aromatic heterocycles. The van der Waals surface area contributed by atoms with Crippen LogP contribution in [0.3, 0.4) is 0 Å². The Morgan fingerprint density at radius 2 is 1.89 bits per heavy atom. The maximum Gasteiger partial charge on any atom is 0.0594 e. The fraction of sp³-hybridized carbons (Fsp3) is 0.500. The lowest BCUT2D eigenvalue weighted by molar-refractivity contribution is 0.0365. The molecule has 3 heteroatoms. The van der Waals surface area contributed by atoms with Crippen molar-refractivity contribution in [3.63, 3.8) is 0 Å². The van der Waals surface area contributed by atoms with Gasteiger partial charge < -0.3 is 9.30 Å². The monoisotopic (exact) mass is 258 g/mol. The number of hydrogen-bond acceptors (Lipinski definition) is 2. The molecule has 2 heterocycles. The van der Waals surface area contributed by atoms with E-state index in [0.717, 1.165) is 39.4 Å². The molecule has 2 aromatic rings. The molecule has 0 N–H and O–H groups in total. The van der Waals surface area contributed by atoms with Crippen LogP contribution in [0.25, 0.3) is 10.9 Å². The van der Waals surface area contributed by atoms with Gasteiger partial charge in [-0.15, -0.1) is 0 Å². The average molecular weight is 258 g/mol. The minimum atomic E-state index is 0.879. The molecule has 0 unspecified atom stereocenters. The van der Waals surface area contributed by atoms with E-state index in [4.69, 9.17) is 4.74 Å². The molecule has 102 valence electrons. The summed E-state index contributed by atoms with van der Waals surface area (Å²) in [6, 6.07) is 8.85. The minimum absolute atomic E-state index is 0.879. The summed E-state index contributed by atoms with van der Waals surface area (Å²) < 4.78 is 7.86. The number of morpholine rings is 1. The predicted octanol–water partition coefficient (Wildman–Crippen LogP) is 2.59. The van der Waals surface area contributed by atoms with Crippen molar-refractivity contribution in [1.82, 2.24) is 9.47 Å². The standard InChI is InChI=1S/C16H22N2O/c1-13-4-3-5-15-12-14(2)18(16(13)15)7-6-17-8-10-19-11-9-17/h3-5,12H,6-11H2,1-2H3. The van der Waals surface area contributed by atoms with Gasteiger partial charge in [-0.05, 0) is 25.5 Å². The van der Waals surface area contributed by atoms with Crippen LogP contribution in [0.4, 0.5) is 0 Å². The third-order valence-electron chi connectivity index (χ3n) is 4.07. The van der Waals surface area contributed by atoms with Gasteiger partial charge in [0.05, 0.1) is 18.7 Å². The summed E-state index contributed by atoms with van der Waals surface area (Å²) in [6.45, 7) is 10.5. The van der Waals surface area contributed by atoms with E-state index in [1.165, 1.54) is 22.2 Å². The van der Waals surface area contributed by atoms with E-state index in [-0.39, 0.29) is 0 Å². The normalized spacial score (nSPS) is 17.2. The van der Waals surface area contributed by atoms with Crippen molar-refractivity contribution in [3.8, 4) is 0 Å². The Morgan fingerprint density at radius 3 is 2.68 bits per heavy atom. The number of para-hydroxylation sites is 1. The quantitative estimate of drug-likeness (QED) is 0.842. The topological polar surface area (TPSA) is 17.4 Å². The minimum Gasteiger partial charge on any atom is -0.379 e. The lowest BCUT2D eigenvalue weighted by atomic mass is 10.2. The first-order valence-corrected chi connectivity index (χ1v) is 7.11. The molecule has 0 aliphatic carbocycles. The molecule has 0 saturated carbocycles. The van der Waals surface area contributed by atoms with Gasteiger partial charge in [0.2, 0.25) is 0 Å². The Kier molecular flexibility index (Phi) is 3.58. The third kappa shape index (κ3) is 2.53. The Bertz CT molecular complexity index is 567. The van der Waals surface area contributed by atoms with Gasteiger partial charge in [0, 0.05) is 37.3 Å². The molecule has 1 aromatic carbocycles. The number of rotatable bonds is 3. The smallest absolute Gasteiger partial charge is 0.0594 e. The van der Waals surface area contributed by atoms with Crippen LogP contribution in [-0.2, 0) is 11.3 Å². The highest BCUT2D eigenvalue weighted by Crippen LogP contribution is 2.22. The van der Waals surface area contributed by atoms with Crippen molar-refractivity contribution in [2.24, 2.45) is 0 Å². The SMILES string of the molecule is Cc1cccc2cc(C)n(CCN3CCOCC3)c12. The molecule has 0 radical (unpaired) electrons. The Balaban J connectivity index is 1.81. The van der Waals surface area contributed by atoms with Gasteiger partial charge in [0.1, 0.15) is 0 Å². The second kappa shape index (κ2) is 5.35. The third-order valence-corrected chi connectivity index (χ3v) is 4.07. The number of fused-ring (bicyclic) bond motifs is 1. The number of aryl methyl sites for hydroxylation is 2. The van der Waals surface area contributed by atoms with Gasteiger partial charge in [-0.1, -0.05) is 18.2 Å². The fourth-order valence-electron chi connectivity index (χ4n) is 3.00. The second-order valence-electron chi connectivity index (χ2n) is 5.40. The number of aromatic nitrogens is 1. The van der Waals surface area contributed by atoms with Crippen LogP contribution in [0.2, 0.25) is 0 Å². The van der Waals surface area contributed by atoms with Crippen molar-refractivity contribution in [2.75, 3.05) is 32.8 Å². The predicted molar refractivity (Wildman–Crippen MR) is 78.7 cm³/mol. The van der Waals surface area contributed by atoms with Crippen LogP contribution >= 0.6 is 0 Å². The first-order valence-electron chi connectivity index (χ1n) is 7.11. The van der Waals surface area contributed by atoms with Gasteiger partial charge >= 0.3 is 0 Å². The first-order chi connectivity index (χ1) is 9.25. The number of nitrogens with zero attached hydrogens (tertiary/aromatic N) is 2. The van der Waals surface area contributed by atoms with Gasteiger partial charge in [-0.2, -0.15) is 0 Å². The Morgan fingerprint density at radius 1 is 1.11 bits per heavy atom. The van der Waals surface area contributed by atoms with Crippen LogP contribution in [0.5, 0.6) is 0 Å². The molecule has 0 atom stereocenters. The molecule has 3 nitrogen and oxygen atoms in total. The molecule has 1 saturated heterocycles. The van der Waals surface area contributed by atoms with Gasteiger partial charge in [-0.25, -0.2) is 0 Å². The molecule has 1 aliphatic heterocycles. The largest absolute Gasteiger partial charge is 0.379 e. The molecule has 0 bridgehead atoms. The molecule has 19 heavy (non-hydrogen) atoms. The van der Waals surface area contributed by atoms with Gasteiger partial charge in [0.15, 0.2) is 0 Å². The summed E-state index contributed by atoms with van der Waals surface area (Å²) in [4.78, 5) is 2.49. The lowest BCUT2D eigenvalue weighted by Crippen LogP contribution is -2.38. The highest BCUT2D eigenvalue weighted by atomic mass is 16.5. The molecular formula is C16H22N2O. The molecule has 1 aliphatic rings. The van der Waals surface area contributed by atoms with Crippen LogP contribution in [0, 0.1) is 13.8 Å². The van der Waals surface area contributed by atoms with Crippen molar-refractivity contribution >= 4 is 10.9 Å². The number of benzene rings is 1. The Hall–Kier alpha value is -1.32. The average Bonchev–Trinajstić information content (AvgIpc) is 2.75. The molecular weight excluding hydrogens is 236 g/mol. The second-order valence-corrected chi connectivity index (χ2v) is 5.40. The van der Waals surface area contributed by atoms with E-state index in [1.807, 2.05) is 0 Å². The summed E-state index contributed by atoms with van der Waals surface area (Å²) in [5.74, 6) is 0. The molecule has 1 fully saturated rings. The van der Waals surface area contributed by atoms with Gasteiger partial charge in [-0.3, -0.25) is 4.90 Å². The number of hydrogen-bond donors (Lipinski definition) is 0. The van der Waals surface area contributed by atoms with Crippen LogP contribution in [0.1, 0.15) is 11.3 Å². The maximum atomic E-state index is 5.40. The highest BCUT2D eigenvalue weighted by Gasteiger charge is 2.12. The van der Waals surface area contributed by atoms with Crippen molar-refractivity contribution in [3.05, 3.63) is 35.5 Å². The summed E-state index contributed by atoms with van der Waals surface area (Å²) in [5.41, 5.74) is 4.12. The summed E-state index contributed by atoms with van der Waals surface area (Å²) in [5, 5.41) is 1.36. The van der Waals surface area contributed by atoms with Crippen LogP contribution < -0.4 is 0 Å². The zero-order valence-electron chi connectivity index (χ0n) is 11.9. The summed E-state index contributed by atoms with van der Waals surface area (Å²) in [7, 11) is 0. The fourth-order valence-corrected chi connectivity index (χ4v) is 3.00. The summed E-state index contributed by atoms with van der Waals surface area (Å²) >= 11 is 0. The first kappa shape index (κ1) is 12.7. The van der Waals surface area contributed by atoms with E-state index in [2.05, 4.69) is 47.6 Å². The highest BCUT2D eigenvalue weighted by molar-refractivity contribution is 5.84.